The number of ketones is 2. The van der Waals surface area contributed by atoms with Crippen LogP contribution in [0.5, 0.6) is 5.75 Å². The highest BCUT2D eigenvalue weighted by Crippen LogP contribution is 2.18. The van der Waals surface area contributed by atoms with E-state index in [0.29, 0.717) is 5.56 Å². The standard InChI is InChI=1S/C14H16O5/c1-9(15)3-8-12(14(18)19-2)13(17)10-4-6-11(16)7-5-10/h4-7,12,16H,3,8H2,1-2H3. The van der Waals surface area contributed by atoms with Crippen molar-refractivity contribution in [2.45, 2.75) is 19.8 Å². The van der Waals surface area contributed by atoms with Crippen LogP contribution in [0.25, 0.3) is 0 Å². The third-order valence-electron chi connectivity index (χ3n) is 2.74. The fourth-order valence-electron chi connectivity index (χ4n) is 1.67. The molecule has 0 saturated heterocycles. The second-order valence-corrected chi connectivity index (χ2v) is 4.23. The Morgan fingerprint density at radius 3 is 2.26 bits per heavy atom. The highest BCUT2D eigenvalue weighted by molar-refractivity contribution is 6.08. The Kier molecular flexibility index (Phi) is 5.23. The van der Waals surface area contributed by atoms with Crippen LogP contribution in [0.4, 0.5) is 0 Å². The molecule has 0 aromatic heterocycles. The largest absolute Gasteiger partial charge is 0.508 e. The van der Waals surface area contributed by atoms with Crippen LogP contribution in [0.2, 0.25) is 0 Å². The first kappa shape index (κ1) is 14.9. The van der Waals surface area contributed by atoms with Crippen LogP contribution in [0.1, 0.15) is 30.1 Å². The van der Waals surface area contributed by atoms with Crippen LogP contribution in [-0.4, -0.2) is 29.8 Å². The Morgan fingerprint density at radius 2 is 1.79 bits per heavy atom. The quantitative estimate of drug-likeness (QED) is 0.481. The minimum Gasteiger partial charge on any atom is -0.508 e. The van der Waals surface area contributed by atoms with Crippen molar-refractivity contribution in [3.8, 4) is 5.75 Å². The minimum absolute atomic E-state index is 0.0369. The molecule has 0 spiro atoms. The van der Waals surface area contributed by atoms with Crippen LogP contribution in [-0.2, 0) is 14.3 Å². The summed E-state index contributed by atoms with van der Waals surface area (Å²) >= 11 is 0. The molecule has 0 aliphatic carbocycles. The van der Waals surface area contributed by atoms with Crippen molar-refractivity contribution in [3.63, 3.8) is 0 Å². The molecule has 0 heterocycles. The van der Waals surface area contributed by atoms with Gasteiger partial charge < -0.3 is 14.6 Å². The van der Waals surface area contributed by atoms with E-state index < -0.39 is 17.7 Å². The Morgan fingerprint density at radius 1 is 1.21 bits per heavy atom. The van der Waals surface area contributed by atoms with Gasteiger partial charge in [0.05, 0.1) is 7.11 Å². The molecule has 0 radical (unpaired) electrons. The Balaban J connectivity index is 2.90. The molecule has 1 N–H and O–H groups in total. The molecule has 0 fully saturated rings. The van der Waals surface area contributed by atoms with E-state index in [9.17, 15) is 14.4 Å². The molecule has 1 aromatic rings. The number of carbonyl (C=O) groups excluding carboxylic acids is 3. The molecule has 1 aromatic carbocycles. The first-order chi connectivity index (χ1) is 8.95. The van der Waals surface area contributed by atoms with Gasteiger partial charge in [-0.25, -0.2) is 0 Å². The average Bonchev–Trinajstić information content (AvgIpc) is 2.38. The third kappa shape index (κ3) is 4.21. The predicted octanol–water partition coefficient (Wildman–Crippen LogP) is 1.73. The molecule has 19 heavy (non-hydrogen) atoms. The van der Waals surface area contributed by atoms with Crippen molar-refractivity contribution >= 4 is 17.5 Å². The van der Waals surface area contributed by atoms with E-state index in [2.05, 4.69) is 4.74 Å². The summed E-state index contributed by atoms with van der Waals surface area (Å²) in [5, 5.41) is 9.16. The summed E-state index contributed by atoms with van der Waals surface area (Å²) in [7, 11) is 1.20. The van der Waals surface area contributed by atoms with Gasteiger partial charge in [-0.2, -0.15) is 0 Å². The number of carbonyl (C=O) groups is 3. The van der Waals surface area contributed by atoms with Crippen molar-refractivity contribution in [1.29, 1.82) is 0 Å². The lowest BCUT2D eigenvalue weighted by molar-refractivity contribution is -0.143. The van der Waals surface area contributed by atoms with E-state index in [-0.39, 0.29) is 24.4 Å². The first-order valence-corrected chi connectivity index (χ1v) is 5.86. The van der Waals surface area contributed by atoms with Crippen molar-refractivity contribution in [1.82, 2.24) is 0 Å². The maximum absolute atomic E-state index is 12.2. The summed E-state index contributed by atoms with van der Waals surface area (Å²) < 4.78 is 4.59. The monoisotopic (exact) mass is 264 g/mol. The van der Waals surface area contributed by atoms with Crippen LogP contribution < -0.4 is 0 Å². The van der Waals surface area contributed by atoms with E-state index in [1.54, 1.807) is 0 Å². The molecular weight excluding hydrogens is 248 g/mol. The molecule has 0 amide bonds. The van der Waals surface area contributed by atoms with E-state index in [1.807, 2.05) is 0 Å². The van der Waals surface area contributed by atoms with Crippen LogP contribution >= 0.6 is 0 Å². The summed E-state index contributed by atoms with van der Waals surface area (Å²) in [6.45, 7) is 1.40. The molecule has 0 bridgehead atoms. The highest BCUT2D eigenvalue weighted by atomic mass is 16.5. The van der Waals surface area contributed by atoms with Gasteiger partial charge in [0.1, 0.15) is 17.5 Å². The number of hydrogen-bond donors (Lipinski definition) is 1. The maximum Gasteiger partial charge on any atom is 0.316 e. The Bertz CT molecular complexity index is 475. The molecule has 0 aliphatic rings. The molecule has 1 atom stereocenters. The lowest BCUT2D eigenvalue weighted by Crippen LogP contribution is -2.26. The van der Waals surface area contributed by atoms with Crippen LogP contribution in [0.3, 0.4) is 0 Å². The maximum atomic E-state index is 12.2. The number of rotatable bonds is 6. The van der Waals surface area contributed by atoms with Gasteiger partial charge in [-0.1, -0.05) is 0 Å². The summed E-state index contributed by atoms with van der Waals surface area (Å²) in [6, 6.07) is 5.60. The summed E-state index contributed by atoms with van der Waals surface area (Å²) in [4.78, 5) is 34.7. The third-order valence-corrected chi connectivity index (χ3v) is 2.74. The molecule has 0 saturated carbocycles. The van der Waals surface area contributed by atoms with Gasteiger partial charge in [-0.05, 0) is 37.6 Å². The second kappa shape index (κ2) is 6.68. The van der Waals surface area contributed by atoms with Crippen molar-refractivity contribution in [2.75, 3.05) is 7.11 Å². The zero-order chi connectivity index (χ0) is 14.4. The number of aromatic hydroxyl groups is 1. The number of benzene rings is 1. The fourth-order valence-corrected chi connectivity index (χ4v) is 1.67. The average molecular weight is 264 g/mol. The highest BCUT2D eigenvalue weighted by Gasteiger charge is 2.28. The number of phenols is 1. The predicted molar refractivity (Wildman–Crippen MR) is 67.9 cm³/mol. The number of Topliss-reactive ketones (excluding diaryl/α,β-unsaturated/α-hetero) is 2. The molecule has 5 heteroatoms. The van der Waals surface area contributed by atoms with Crippen molar-refractivity contribution in [3.05, 3.63) is 29.8 Å². The lowest BCUT2D eigenvalue weighted by Gasteiger charge is -2.12. The van der Waals surface area contributed by atoms with Crippen LogP contribution in [0.15, 0.2) is 24.3 Å². The second-order valence-electron chi connectivity index (χ2n) is 4.23. The van der Waals surface area contributed by atoms with Gasteiger partial charge >= 0.3 is 5.97 Å². The SMILES string of the molecule is COC(=O)C(CCC(C)=O)C(=O)c1ccc(O)cc1. The van der Waals surface area contributed by atoms with Crippen LogP contribution in [0, 0.1) is 5.92 Å². The number of hydrogen-bond acceptors (Lipinski definition) is 5. The Labute approximate surface area is 111 Å². The fraction of sp³-hybridized carbons (Fsp3) is 0.357. The van der Waals surface area contributed by atoms with Gasteiger partial charge in [0.25, 0.3) is 0 Å². The smallest absolute Gasteiger partial charge is 0.316 e. The number of phenolic OH excluding ortho intramolecular Hbond substituents is 1. The molecular formula is C14H16O5. The summed E-state index contributed by atoms with van der Waals surface area (Å²) in [6.07, 6.45) is 0.269. The normalized spacial score (nSPS) is 11.7. The van der Waals surface area contributed by atoms with E-state index in [1.165, 1.54) is 38.3 Å². The van der Waals surface area contributed by atoms with Crippen molar-refractivity contribution < 1.29 is 24.2 Å². The molecule has 5 nitrogen and oxygen atoms in total. The minimum atomic E-state index is -0.988. The summed E-state index contributed by atoms with van der Waals surface area (Å²) in [5.74, 6) is -2.10. The molecule has 1 unspecified atom stereocenters. The number of ether oxygens (including phenoxy) is 1. The van der Waals surface area contributed by atoms with Crippen molar-refractivity contribution in [2.24, 2.45) is 5.92 Å². The zero-order valence-electron chi connectivity index (χ0n) is 10.9. The summed E-state index contributed by atoms with van der Waals surface area (Å²) in [5.41, 5.74) is 0.303. The zero-order valence-corrected chi connectivity index (χ0v) is 10.9. The van der Waals surface area contributed by atoms with E-state index in [0.717, 1.165) is 0 Å². The van der Waals surface area contributed by atoms with E-state index >= 15 is 0 Å². The van der Waals surface area contributed by atoms with Gasteiger partial charge in [0.2, 0.25) is 0 Å². The lowest BCUT2D eigenvalue weighted by atomic mass is 9.92. The van der Waals surface area contributed by atoms with Gasteiger partial charge in [-0.3, -0.25) is 9.59 Å². The van der Waals surface area contributed by atoms with E-state index in [4.69, 9.17) is 5.11 Å². The van der Waals surface area contributed by atoms with Gasteiger partial charge in [0.15, 0.2) is 5.78 Å². The molecule has 102 valence electrons. The molecule has 1 rings (SSSR count). The number of esters is 1. The van der Waals surface area contributed by atoms with Gasteiger partial charge in [0, 0.05) is 12.0 Å². The molecule has 0 aliphatic heterocycles. The Hall–Kier alpha value is -2.17. The topological polar surface area (TPSA) is 80.7 Å². The first-order valence-electron chi connectivity index (χ1n) is 5.86. The number of methoxy groups -OCH3 is 1. The van der Waals surface area contributed by atoms with Gasteiger partial charge in [-0.15, -0.1) is 0 Å².